The summed E-state index contributed by atoms with van der Waals surface area (Å²) in [6, 6.07) is 5.13. The van der Waals surface area contributed by atoms with E-state index in [-0.39, 0.29) is 37.1 Å². The molecule has 1 saturated heterocycles. The van der Waals surface area contributed by atoms with Crippen molar-refractivity contribution in [3.05, 3.63) is 42.6 Å². The minimum atomic E-state index is -4.00. The van der Waals surface area contributed by atoms with Gasteiger partial charge in [0.15, 0.2) is 0 Å². The number of carboxylic acid groups (broad SMARTS) is 1. The smallest absolute Gasteiger partial charge is 0.405 e. The zero-order valence-corrected chi connectivity index (χ0v) is 30.9. The number of hydrogen-bond donors (Lipinski definition) is 4. The summed E-state index contributed by atoms with van der Waals surface area (Å²) in [5, 5.41) is 16.6. The molecule has 3 fully saturated rings. The summed E-state index contributed by atoms with van der Waals surface area (Å²) < 4.78 is 39.6. The lowest BCUT2D eigenvalue weighted by Gasteiger charge is -2.33. The number of sulfonamides is 1. The fourth-order valence-corrected chi connectivity index (χ4v) is 8.92. The van der Waals surface area contributed by atoms with Crippen LogP contribution in [-0.4, -0.2) is 88.8 Å². The summed E-state index contributed by atoms with van der Waals surface area (Å²) >= 11 is 0. The minimum Gasteiger partial charge on any atom is -0.492 e. The molecule has 0 radical (unpaired) electrons. The number of nitrogens with one attached hydrogen (secondary N) is 3. The number of pyridine rings is 1. The van der Waals surface area contributed by atoms with Crippen LogP contribution < -0.4 is 24.8 Å². The number of fused-ring (bicyclic) bond motifs is 3. The molecule has 15 heteroatoms. The normalized spacial score (nSPS) is 30.2. The standard InChI is InChI=1S/C37H49N5O9S/c1-5-23-17-22(3)11-7-8-12-24-19-37(24,34(45)41-52(48,49)36(4)15-16-36)40-31(43)28-18-25(21-42(28)33(44)30(23)39-35(46)47)51-32-27-14-10-9-13-26(27)29(20-38-32)50-6-2/h8-10,12-14,20,22-25,28,30,39H,5-7,11,15-19,21H2,1-4H3,(H,40,43)(H,41,45)(H,46,47)/t22-,23-,24-,25-,28+,30+,37-/m1/s1. The predicted molar refractivity (Wildman–Crippen MR) is 192 cm³/mol. The molecule has 2 aliphatic carbocycles. The molecule has 4 aliphatic rings. The van der Waals surface area contributed by atoms with Gasteiger partial charge in [-0.3, -0.25) is 19.1 Å². The van der Waals surface area contributed by atoms with Gasteiger partial charge < -0.3 is 30.1 Å². The highest BCUT2D eigenvalue weighted by atomic mass is 32.2. The fourth-order valence-electron chi connectivity index (χ4n) is 7.61. The Morgan fingerprint density at radius 3 is 2.54 bits per heavy atom. The van der Waals surface area contributed by atoms with Crippen molar-refractivity contribution < 1.29 is 42.2 Å². The second kappa shape index (κ2) is 14.6. The largest absolute Gasteiger partial charge is 0.492 e. The van der Waals surface area contributed by atoms with E-state index in [2.05, 4.69) is 27.3 Å². The Bertz CT molecular complexity index is 1860. The van der Waals surface area contributed by atoms with Gasteiger partial charge in [0.1, 0.15) is 29.5 Å². The van der Waals surface area contributed by atoms with Gasteiger partial charge in [-0.25, -0.2) is 18.2 Å². The molecule has 1 aromatic heterocycles. The maximum absolute atomic E-state index is 14.5. The zero-order valence-electron chi connectivity index (χ0n) is 30.1. The molecule has 1 aromatic carbocycles. The van der Waals surface area contributed by atoms with Crippen LogP contribution >= 0.6 is 0 Å². The molecule has 6 rings (SSSR count). The summed E-state index contributed by atoms with van der Waals surface area (Å²) in [5.41, 5.74) is -1.54. The highest BCUT2D eigenvalue weighted by Gasteiger charge is 2.63. The van der Waals surface area contributed by atoms with Crippen molar-refractivity contribution in [1.82, 2.24) is 25.2 Å². The van der Waals surface area contributed by atoms with Crippen molar-refractivity contribution in [2.45, 2.75) is 108 Å². The van der Waals surface area contributed by atoms with Gasteiger partial charge in [-0.05, 0) is 70.3 Å². The molecule has 52 heavy (non-hydrogen) atoms. The van der Waals surface area contributed by atoms with Crippen LogP contribution in [0.1, 0.15) is 79.1 Å². The average Bonchev–Trinajstić information content (AvgIpc) is 3.98. The number of nitrogens with zero attached hydrogens (tertiary/aromatic N) is 2. The molecule has 3 heterocycles. The molecule has 2 saturated carbocycles. The van der Waals surface area contributed by atoms with Crippen LogP contribution in [0.2, 0.25) is 0 Å². The van der Waals surface area contributed by atoms with Crippen LogP contribution in [0.5, 0.6) is 11.6 Å². The van der Waals surface area contributed by atoms with Crippen molar-refractivity contribution in [3.8, 4) is 11.6 Å². The third kappa shape index (κ3) is 7.42. The van der Waals surface area contributed by atoms with Gasteiger partial charge in [-0.1, -0.05) is 50.6 Å². The first kappa shape index (κ1) is 37.4. The third-order valence-electron chi connectivity index (χ3n) is 11.2. The van der Waals surface area contributed by atoms with Gasteiger partial charge in [0, 0.05) is 23.1 Å². The number of hydrogen-bond acceptors (Lipinski definition) is 9. The minimum absolute atomic E-state index is 0.0162. The summed E-state index contributed by atoms with van der Waals surface area (Å²) in [5.74, 6) is -1.86. The number of carbonyl (C=O) groups is 4. The molecule has 282 valence electrons. The molecule has 0 unspecified atom stereocenters. The number of benzene rings is 1. The maximum atomic E-state index is 14.5. The highest BCUT2D eigenvalue weighted by Crippen LogP contribution is 2.47. The quantitative estimate of drug-likeness (QED) is 0.274. The molecule has 2 aromatic rings. The monoisotopic (exact) mass is 739 g/mol. The van der Waals surface area contributed by atoms with Crippen LogP contribution in [0.15, 0.2) is 42.6 Å². The summed E-state index contributed by atoms with van der Waals surface area (Å²) in [6.45, 7) is 7.79. The Morgan fingerprint density at radius 2 is 1.87 bits per heavy atom. The lowest BCUT2D eigenvalue weighted by atomic mass is 9.85. The fraction of sp³-hybridized carbons (Fsp3) is 0.595. The van der Waals surface area contributed by atoms with Gasteiger partial charge in [0.25, 0.3) is 5.91 Å². The predicted octanol–water partition coefficient (Wildman–Crippen LogP) is 3.89. The maximum Gasteiger partial charge on any atom is 0.405 e. The molecule has 0 bridgehead atoms. The SMILES string of the molecule is CCOc1cnc(O[C@@H]2C[C@H]3C(=O)N[C@]4(C(=O)NS(=O)(=O)C5(C)CC5)C[C@H]4C=CCC[C@@H](C)C[C@@H](CC)[C@H](NC(=O)O)C(=O)N3C2)c2ccccc12. The average molecular weight is 740 g/mol. The van der Waals surface area contributed by atoms with Crippen LogP contribution in [0.3, 0.4) is 0 Å². The summed E-state index contributed by atoms with van der Waals surface area (Å²) in [7, 11) is -4.00. The number of carbonyl (C=O) groups excluding carboxylic acids is 3. The number of ether oxygens (including phenoxy) is 2. The molecule has 2 aliphatic heterocycles. The third-order valence-corrected chi connectivity index (χ3v) is 13.3. The van der Waals surface area contributed by atoms with Crippen LogP contribution in [0, 0.1) is 17.8 Å². The lowest BCUT2D eigenvalue weighted by Crippen LogP contribution is -2.59. The second-order valence-corrected chi connectivity index (χ2v) is 17.2. The van der Waals surface area contributed by atoms with Gasteiger partial charge in [0.2, 0.25) is 27.7 Å². The molecular formula is C37H49N5O9S. The first-order valence-electron chi connectivity index (χ1n) is 18.2. The Morgan fingerprint density at radius 1 is 1.13 bits per heavy atom. The molecular weight excluding hydrogens is 691 g/mol. The first-order chi connectivity index (χ1) is 24.7. The Labute approximate surface area is 304 Å². The molecule has 4 N–H and O–H groups in total. The number of aromatic nitrogens is 1. The van der Waals surface area contributed by atoms with E-state index in [1.165, 1.54) is 4.90 Å². The van der Waals surface area contributed by atoms with E-state index in [0.29, 0.717) is 49.8 Å². The summed E-state index contributed by atoms with van der Waals surface area (Å²) in [4.78, 5) is 60.6. The van der Waals surface area contributed by atoms with Crippen LogP contribution in [-0.2, 0) is 24.4 Å². The van der Waals surface area contributed by atoms with Crippen molar-refractivity contribution in [3.63, 3.8) is 0 Å². The van der Waals surface area contributed by atoms with Crippen LogP contribution in [0.4, 0.5) is 4.79 Å². The molecule has 4 amide bonds. The molecule has 0 spiro atoms. The van der Waals surface area contributed by atoms with Gasteiger partial charge in [0.05, 0.1) is 24.1 Å². The number of amides is 4. The van der Waals surface area contributed by atoms with E-state index >= 15 is 0 Å². The van der Waals surface area contributed by atoms with Crippen molar-refractivity contribution in [1.29, 1.82) is 0 Å². The van der Waals surface area contributed by atoms with Gasteiger partial charge in [-0.15, -0.1) is 0 Å². The van der Waals surface area contributed by atoms with E-state index in [1.54, 1.807) is 13.1 Å². The highest BCUT2D eigenvalue weighted by molar-refractivity contribution is 7.91. The van der Waals surface area contributed by atoms with Gasteiger partial charge >= 0.3 is 6.09 Å². The molecule has 14 nitrogen and oxygen atoms in total. The second-order valence-electron chi connectivity index (χ2n) is 15.0. The Kier molecular flexibility index (Phi) is 10.5. The first-order valence-corrected chi connectivity index (χ1v) is 19.7. The lowest BCUT2D eigenvalue weighted by molar-refractivity contribution is -0.142. The number of allylic oxidation sites excluding steroid dienone is 1. The number of rotatable bonds is 9. The van der Waals surface area contributed by atoms with E-state index in [9.17, 15) is 32.7 Å². The van der Waals surface area contributed by atoms with Crippen molar-refractivity contribution in [2.75, 3.05) is 13.2 Å². The van der Waals surface area contributed by atoms with Crippen molar-refractivity contribution in [2.24, 2.45) is 17.8 Å². The Balaban J connectivity index is 1.35. The van der Waals surface area contributed by atoms with E-state index in [0.717, 1.165) is 11.8 Å². The zero-order chi connectivity index (χ0) is 37.4. The topological polar surface area (TPSA) is 193 Å². The Hall–Kier alpha value is -4.40. The summed E-state index contributed by atoms with van der Waals surface area (Å²) in [6.07, 6.45) is 6.83. The van der Waals surface area contributed by atoms with Gasteiger partial charge in [-0.2, -0.15) is 0 Å². The van der Waals surface area contributed by atoms with E-state index < -0.39 is 68.2 Å². The van der Waals surface area contributed by atoms with Crippen molar-refractivity contribution >= 4 is 44.6 Å². The van der Waals surface area contributed by atoms with E-state index in [1.807, 2.05) is 50.3 Å². The molecule has 7 atom stereocenters. The van der Waals surface area contributed by atoms with Crippen LogP contribution in [0.25, 0.3) is 10.8 Å². The van der Waals surface area contributed by atoms with E-state index in [4.69, 9.17) is 9.47 Å².